The van der Waals surface area contributed by atoms with Crippen molar-refractivity contribution in [2.45, 2.75) is 24.0 Å². The van der Waals surface area contributed by atoms with Crippen LogP contribution < -0.4 is 23.8 Å². The number of hydrogen-bond donors (Lipinski definition) is 0. The number of ether oxygens (including phenoxy) is 4. The highest BCUT2D eigenvalue weighted by Crippen LogP contribution is 2.42. The van der Waals surface area contributed by atoms with Crippen LogP contribution in [0.15, 0.2) is 54.7 Å². The summed E-state index contributed by atoms with van der Waals surface area (Å²) in [5.41, 5.74) is 1.76. The van der Waals surface area contributed by atoms with Crippen molar-refractivity contribution in [1.82, 2.24) is 9.97 Å². The molecule has 0 atom stereocenters. The number of aromatic nitrogens is 2. The summed E-state index contributed by atoms with van der Waals surface area (Å²) >= 11 is 1.62. The van der Waals surface area contributed by atoms with E-state index in [1.807, 2.05) is 24.3 Å². The Morgan fingerprint density at radius 2 is 1.29 bits per heavy atom. The van der Waals surface area contributed by atoms with Crippen LogP contribution in [0.2, 0.25) is 0 Å². The van der Waals surface area contributed by atoms with E-state index in [1.54, 1.807) is 59.3 Å². The van der Waals surface area contributed by atoms with Crippen LogP contribution in [0, 0.1) is 0 Å². The highest BCUT2D eigenvalue weighted by Gasteiger charge is 2.58. The van der Waals surface area contributed by atoms with E-state index >= 15 is 0 Å². The Kier molecular flexibility index (Phi) is 8.26. The van der Waals surface area contributed by atoms with Crippen molar-refractivity contribution in [1.29, 1.82) is 0 Å². The van der Waals surface area contributed by atoms with Gasteiger partial charge in [0.1, 0.15) is 11.5 Å². The second kappa shape index (κ2) is 11.0. The van der Waals surface area contributed by atoms with E-state index in [4.69, 9.17) is 14.2 Å². The number of benzene rings is 2. The number of alkyl halides is 5. The standard InChI is InChI=1S/C23H22BrF4N3O4/c1-32-17-8-4-15(5-9-17)13-31(14-16-6-10-18(33-2)11-7-16)21-29-12-19(20(30-21)34-3)35-23(27,28)22(24,25)26/h4-12H,13-14H2,1-3H3. The van der Waals surface area contributed by atoms with Crippen molar-refractivity contribution >= 4 is 21.9 Å². The maximum absolute atomic E-state index is 13.7. The molecule has 0 spiro atoms. The maximum atomic E-state index is 13.7. The molecule has 1 heterocycles. The number of rotatable bonds is 11. The van der Waals surface area contributed by atoms with Crippen molar-refractivity contribution in [3.8, 4) is 23.1 Å². The fraction of sp³-hybridized carbons (Fsp3) is 0.304. The number of anilines is 1. The first-order valence-corrected chi connectivity index (χ1v) is 10.9. The van der Waals surface area contributed by atoms with Crippen molar-refractivity contribution < 1.29 is 36.5 Å². The molecule has 35 heavy (non-hydrogen) atoms. The zero-order valence-corrected chi connectivity index (χ0v) is 20.6. The summed E-state index contributed by atoms with van der Waals surface area (Å²) in [4.78, 5) is 5.37. The number of methoxy groups -OCH3 is 3. The van der Waals surface area contributed by atoms with E-state index in [1.165, 1.54) is 0 Å². The maximum Gasteiger partial charge on any atom is 0.475 e. The molecule has 7 nitrogen and oxygen atoms in total. The minimum atomic E-state index is -4.86. The lowest BCUT2D eigenvalue weighted by Gasteiger charge is -2.25. The lowest BCUT2D eigenvalue weighted by molar-refractivity contribution is -0.266. The van der Waals surface area contributed by atoms with E-state index in [2.05, 4.69) is 14.7 Å². The number of hydrogen-bond acceptors (Lipinski definition) is 7. The topological polar surface area (TPSA) is 65.9 Å². The summed E-state index contributed by atoms with van der Waals surface area (Å²) in [7, 11) is 4.27. The van der Waals surface area contributed by atoms with E-state index in [9.17, 15) is 17.6 Å². The lowest BCUT2D eigenvalue weighted by Crippen LogP contribution is -2.40. The quantitative estimate of drug-likeness (QED) is 0.221. The van der Waals surface area contributed by atoms with Crippen molar-refractivity contribution in [2.24, 2.45) is 0 Å². The summed E-state index contributed by atoms with van der Waals surface area (Å²) in [5.74, 6) is 0.295. The highest BCUT2D eigenvalue weighted by atomic mass is 79.9. The molecule has 0 aliphatic carbocycles. The fourth-order valence-electron chi connectivity index (χ4n) is 3.01. The summed E-state index contributed by atoms with van der Waals surface area (Å²) in [6.07, 6.45) is -4.00. The molecule has 12 heteroatoms. The van der Waals surface area contributed by atoms with Gasteiger partial charge in [-0.05, 0) is 35.4 Å². The molecule has 0 N–H and O–H groups in total. The van der Waals surface area contributed by atoms with E-state index in [-0.39, 0.29) is 5.95 Å². The molecule has 188 valence electrons. The first-order valence-electron chi connectivity index (χ1n) is 10.1. The van der Waals surface area contributed by atoms with Crippen LogP contribution in [0.3, 0.4) is 0 Å². The number of nitrogens with zero attached hydrogens (tertiary/aromatic N) is 3. The second-order valence-electron chi connectivity index (χ2n) is 7.21. The van der Waals surface area contributed by atoms with Gasteiger partial charge in [0.2, 0.25) is 11.7 Å². The summed E-state index contributed by atoms with van der Waals surface area (Å²) < 4.78 is 73.4. The normalized spacial score (nSPS) is 11.7. The molecule has 0 aliphatic heterocycles. The van der Waals surface area contributed by atoms with Gasteiger partial charge < -0.3 is 23.8 Å². The molecule has 1 aromatic heterocycles. The van der Waals surface area contributed by atoms with Crippen LogP contribution in [0.5, 0.6) is 23.1 Å². The molecule has 0 fully saturated rings. The molecular weight excluding hydrogens is 538 g/mol. The third kappa shape index (κ3) is 6.65. The molecule has 0 saturated heterocycles. The molecule has 0 aliphatic rings. The first kappa shape index (κ1) is 26.3. The smallest absolute Gasteiger partial charge is 0.475 e. The van der Waals surface area contributed by atoms with Gasteiger partial charge in [-0.1, -0.05) is 24.3 Å². The Hall–Kier alpha value is -3.28. The monoisotopic (exact) mass is 559 g/mol. The van der Waals surface area contributed by atoms with Gasteiger partial charge >= 0.3 is 10.9 Å². The van der Waals surface area contributed by atoms with Gasteiger partial charge in [-0.3, -0.25) is 0 Å². The fourth-order valence-corrected chi connectivity index (χ4v) is 3.09. The summed E-state index contributed by atoms with van der Waals surface area (Å²) in [6.45, 7) is 0.657. The molecule has 3 aromatic rings. The van der Waals surface area contributed by atoms with Crippen LogP contribution in [0.4, 0.5) is 23.5 Å². The van der Waals surface area contributed by atoms with Gasteiger partial charge in [-0.2, -0.15) is 22.5 Å². The van der Waals surface area contributed by atoms with Crippen LogP contribution in [-0.2, 0) is 13.1 Å². The third-order valence-electron chi connectivity index (χ3n) is 4.82. The summed E-state index contributed by atoms with van der Waals surface area (Å²) in [6, 6.07) is 14.6. The molecule has 0 amide bonds. The van der Waals surface area contributed by atoms with Gasteiger partial charge in [-0.15, -0.1) is 0 Å². The van der Waals surface area contributed by atoms with Gasteiger partial charge in [-0.25, -0.2) is 4.98 Å². The van der Waals surface area contributed by atoms with Gasteiger partial charge in [0.05, 0.1) is 27.5 Å². The predicted octanol–water partition coefficient (Wildman–Crippen LogP) is 5.67. The molecule has 0 saturated carbocycles. The first-order chi connectivity index (χ1) is 16.6. The molecule has 3 rings (SSSR count). The van der Waals surface area contributed by atoms with Gasteiger partial charge in [0, 0.05) is 29.0 Å². The Balaban J connectivity index is 1.94. The number of halogens is 5. The van der Waals surface area contributed by atoms with Crippen molar-refractivity contribution in [3.63, 3.8) is 0 Å². The molecule has 0 bridgehead atoms. The Bertz CT molecular complexity index is 1060. The average molecular weight is 560 g/mol. The van der Waals surface area contributed by atoms with Gasteiger partial charge in [0.15, 0.2) is 0 Å². The highest BCUT2D eigenvalue weighted by molar-refractivity contribution is 9.10. The van der Waals surface area contributed by atoms with Crippen LogP contribution in [0.1, 0.15) is 11.1 Å². The average Bonchev–Trinajstić information content (AvgIpc) is 2.84. The second-order valence-corrected chi connectivity index (χ2v) is 8.21. The van der Waals surface area contributed by atoms with Crippen LogP contribution in [-0.4, -0.2) is 42.2 Å². The molecule has 2 aromatic carbocycles. The zero-order chi connectivity index (χ0) is 25.6. The molecular formula is C23H22BrF4N3O4. The van der Waals surface area contributed by atoms with Crippen LogP contribution in [0.25, 0.3) is 0 Å². The third-order valence-corrected chi connectivity index (χ3v) is 5.28. The Labute approximate surface area is 207 Å². The summed E-state index contributed by atoms with van der Waals surface area (Å²) in [5, 5.41) is 0. The van der Waals surface area contributed by atoms with E-state index in [0.29, 0.717) is 24.6 Å². The van der Waals surface area contributed by atoms with E-state index in [0.717, 1.165) is 24.4 Å². The Morgan fingerprint density at radius 1 is 0.800 bits per heavy atom. The molecule has 0 radical (unpaired) electrons. The minimum absolute atomic E-state index is 0.106. The van der Waals surface area contributed by atoms with Crippen LogP contribution >= 0.6 is 15.9 Å². The Morgan fingerprint density at radius 3 is 1.69 bits per heavy atom. The zero-order valence-electron chi connectivity index (χ0n) is 19.0. The van der Waals surface area contributed by atoms with Crippen molar-refractivity contribution in [3.05, 3.63) is 65.9 Å². The van der Waals surface area contributed by atoms with Gasteiger partial charge in [0.25, 0.3) is 5.88 Å². The molecule has 0 unspecified atom stereocenters. The lowest BCUT2D eigenvalue weighted by atomic mass is 10.1. The van der Waals surface area contributed by atoms with Crippen molar-refractivity contribution in [2.75, 3.05) is 26.2 Å². The SMILES string of the molecule is COc1ccc(CN(Cc2ccc(OC)cc2)c2ncc(OC(F)(F)C(F)(F)Br)c(OC)n2)cc1. The largest absolute Gasteiger partial charge is 0.497 e. The van der Waals surface area contributed by atoms with E-state index < -0.39 is 22.6 Å². The minimum Gasteiger partial charge on any atom is -0.497 e. The predicted molar refractivity (Wildman–Crippen MR) is 124 cm³/mol.